The van der Waals surface area contributed by atoms with E-state index in [1.165, 1.54) is 11.0 Å². The highest BCUT2D eigenvalue weighted by Crippen LogP contribution is 2.42. The SMILES string of the molecule is Cn1cnnc1CC1(c2cccc(N3Cc4c(cc(C5CCCN5)cc4C(F)(F)F)C3=O)c2)COC1.O=CO. The summed E-state index contributed by atoms with van der Waals surface area (Å²) in [5.41, 5.74) is 1.19. The molecular formula is C27H28F3N5O4. The van der Waals surface area contributed by atoms with E-state index >= 15 is 0 Å². The van der Waals surface area contributed by atoms with Crippen LogP contribution in [0.25, 0.3) is 0 Å². The monoisotopic (exact) mass is 543 g/mol. The fourth-order valence-corrected chi connectivity index (χ4v) is 5.56. The van der Waals surface area contributed by atoms with Gasteiger partial charge in [0.25, 0.3) is 12.4 Å². The first-order valence-electron chi connectivity index (χ1n) is 12.5. The first-order valence-corrected chi connectivity index (χ1v) is 12.5. The van der Waals surface area contributed by atoms with Gasteiger partial charge in [-0.05, 0) is 60.3 Å². The highest BCUT2D eigenvalue weighted by molar-refractivity contribution is 6.10. The van der Waals surface area contributed by atoms with Crippen LogP contribution in [0.3, 0.4) is 0 Å². The third kappa shape index (κ3) is 5.01. The maximum absolute atomic E-state index is 14.1. The number of benzene rings is 2. The fraction of sp³-hybridized carbons (Fsp3) is 0.407. The average molecular weight is 544 g/mol. The van der Waals surface area contributed by atoms with Gasteiger partial charge >= 0.3 is 6.18 Å². The largest absolute Gasteiger partial charge is 0.483 e. The number of fused-ring (bicyclic) bond motifs is 1. The Bertz CT molecular complexity index is 1380. The molecule has 0 saturated carbocycles. The Hall–Kier alpha value is -3.77. The van der Waals surface area contributed by atoms with Crippen LogP contribution in [0.5, 0.6) is 0 Å². The van der Waals surface area contributed by atoms with Gasteiger partial charge < -0.3 is 24.6 Å². The second kappa shape index (κ2) is 10.4. The minimum Gasteiger partial charge on any atom is -0.483 e. The molecule has 1 amide bonds. The second-order valence-corrected chi connectivity index (χ2v) is 10.1. The molecule has 6 rings (SSSR count). The molecule has 2 N–H and O–H groups in total. The van der Waals surface area contributed by atoms with Crippen molar-refractivity contribution in [1.82, 2.24) is 20.1 Å². The summed E-state index contributed by atoms with van der Waals surface area (Å²) in [7, 11) is 1.88. The van der Waals surface area contributed by atoms with Crippen molar-refractivity contribution >= 4 is 18.1 Å². The average Bonchev–Trinajstić information content (AvgIpc) is 3.62. The number of anilines is 1. The number of rotatable bonds is 5. The van der Waals surface area contributed by atoms with Crippen molar-refractivity contribution in [1.29, 1.82) is 0 Å². The Morgan fingerprint density at radius 1 is 1.26 bits per heavy atom. The summed E-state index contributed by atoms with van der Waals surface area (Å²) in [5, 5.41) is 18.3. The Balaban J connectivity index is 0.000000983. The van der Waals surface area contributed by atoms with E-state index in [2.05, 4.69) is 15.5 Å². The number of ether oxygens (including phenoxy) is 1. The second-order valence-electron chi connectivity index (χ2n) is 10.1. The molecule has 2 saturated heterocycles. The molecule has 9 nitrogen and oxygen atoms in total. The predicted octanol–water partition coefficient (Wildman–Crippen LogP) is 3.63. The van der Waals surface area contributed by atoms with Crippen molar-refractivity contribution in [2.75, 3.05) is 24.7 Å². The molecule has 4 heterocycles. The molecule has 1 aromatic heterocycles. The van der Waals surface area contributed by atoms with Crippen LogP contribution >= 0.6 is 0 Å². The summed E-state index contributed by atoms with van der Waals surface area (Å²) in [6.45, 7) is 1.38. The molecule has 3 aromatic rings. The zero-order valence-corrected chi connectivity index (χ0v) is 21.2. The molecular weight excluding hydrogens is 515 g/mol. The van der Waals surface area contributed by atoms with E-state index in [0.29, 0.717) is 30.9 Å². The summed E-state index contributed by atoms with van der Waals surface area (Å²) < 4.78 is 49.7. The van der Waals surface area contributed by atoms with Gasteiger partial charge in [-0.3, -0.25) is 9.59 Å². The third-order valence-electron chi connectivity index (χ3n) is 7.66. The molecule has 3 aliphatic rings. The smallest absolute Gasteiger partial charge is 0.416 e. The van der Waals surface area contributed by atoms with Gasteiger partial charge in [-0.15, -0.1) is 10.2 Å². The number of nitrogens with one attached hydrogen (secondary N) is 1. The number of halogens is 3. The molecule has 0 bridgehead atoms. The first kappa shape index (κ1) is 26.8. The third-order valence-corrected chi connectivity index (χ3v) is 7.66. The summed E-state index contributed by atoms with van der Waals surface area (Å²) in [4.78, 5) is 23.3. The maximum atomic E-state index is 14.1. The molecule has 39 heavy (non-hydrogen) atoms. The van der Waals surface area contributed by atoms with Crippen molar-refractivity contribution in [3.63, 3.8) is 0 Å². The Morgan fingerprint density at radius 2 is 2.03 bits per heavy atom. The molecule has 0 aliphatic carbocycles. The van der Waals surface area contributed by atoms with E-state index in [1.54, 1.807) is 18.5 Å². The van der Waals surface area contributed by atoms with Gasteiger partial charge in [-0.1, -0.05) is 12.1 Å². The summed E-state index contributed by atoms with van der Waals surface area (Å²) in [5.74, 6) is 0.413. The van der Waals surface area contributed by atoms with Crippen molar-refractivity contribution in [2.45, 2.75) is 43.4 Å². The number of hydrogen-bond donors (Lipinski definition) is 2. The molecule has 12 heteroatoms. The lowest BCUT2D eigenvalue weighted by atomic mass is 9.75. The standard InChI is InChI=1S/C26H26F3N5O2.CH2O2/c1-33-15-31-32-23(33)11-25(13-36-14-25)17-4-2-5-18(10-17)34-12-20-19(24(34)35)8-16(22-6-3-7-30-22)9-21(20)26(27,28)29;2-1-3/h2,4-5,8-10,15,22,30H,3,6-7,11-14H2,1H3;1H,(H,2,3). The number of hydrogen-bond acceptors (Lipinski definition) is 6. The molecule has 0 radical (unpaired) electrons. The van der Waals surface area contributed by atoms with E-state index in [0.717, 1.165) is 30.8 Å². The van der Waals surface area contributed by atoms with Gasteiger partial charge in [0.1, 0.15) is 12.2 Å². The highest BCUT2D eigenvalue weighted by atomic mass is 19.4. The number of carboxylic acid groups (broad SMARTS) is 1. The summed E-state index contributed by atoms with van der Waals surface area (Å²) in [6.07, 6.45) is -0.633. The molecule has 206 valence electrons. The van der Waals surface area contributed by atoms with Crippen molar-refractivity contribution in [3.05, 3.63) is 76.4 Å². The Morgan fingerprint density at radius 3 is 2.62 bits per heavy atom. The van der Waals surface area contributed by atoms with Crippen molar-refractivity contribution in [3.8, 4) is 0 Å². The highest BCUT2D eigenvalue weighted by Gasteiger charge is 2.44. The van der Waals surface area contributed by atoms with Crippen LogP contribution < -0.4 is 10.2 Å². The number of aryl methyl sites for hydroxylation is 1. The number of carbonyl (C=O) groups excluding carboxylic acids is 1. The van der Waals surface area contributed by atoms with Crippen molar-refractivity contribution < 1.29 is 32.6 Å². The fourth-order valence-electron chi connectivity index (χ4n) is 5.56. The van der Waals surface area contributed by atoms with Crippen LogP contribution in [0, 0.1) is 0 Å². The molecule has 1 unspecified atom stereocenters. The normalized spacial score (nSPS) is 19.7. The van der Waals surface area contributed by atoms with Crippen LogP contribution in [-0.4, -0.2) is 52.0 Å². The van der Waals surface area contributed by atoms with Gasteiger partial charge in [-0.2, -0.15) is 13.2 Å². The summed E-state index contributed by atoms with van der Waals surface area (Å²) in [6, 6.07) is 10.2. The number of aromatic nitrogens is 3. The minimum absolute atomic E-state index is 0.0421. The molecule has 1 atom stereocenters. The van der Waals surface area contributed by atoms with Crippen LogP contribution in [-0.2, 0) is 41.1 Å². The zero-order chi connectivity index (χ0) is 27.8. The Kier molecular flexibility index (Phi) is 7.17. The first-order chi connectivity index (χ1) is 18.7. The maximum Gasteiger partial charge on any atom is 0.416 e. The van der Waals surface area contributed by atoms with E-state index in [9.17, 15) is 18.0 Å². The molecule has 2 fully saturated rings. The van der Waals surface area contributed by atoms with Gasteiger partial charge in [0.2, 0.25) is 0 Å². The van der Waals surface area contributed by atoms with Gasteiger partial charge in [0, 0.05) is 36.2 Å². The molecule has 2 aromatic carbocycles. The quantitative estimate of drug-likeness (QED) is 0.473. The predicted molar refractivity (Wildman–Crippen MR) is 134 cm³/mol. The number of amides is 1. The number of carbonyl (C=O) groups is 2. The van der Waals surface area contributed by atoms with Crippen LogP contribution in [0.2, 0.25) is 0 Å². The zero-order valence-electron chi connectivity index (χ0n) is 21.2. The van der Waals surface area contributed by atoms with E-state index in [1.807, 2.05) is 29.8 Å². The van der Waals surface area contributed by atoms with Crippen LogP contribution in [0.15, 0.2) is 42.7 Å². The lowest BCUT2D eigenvalue weighted by Gasteiger charge is -2.42. The van der Waals surface area contributed by atoms with Crippen LogP contribution in [0.1, 0.15) is 57.3 Å². The molecule has 3 aliphatic heterocycles. The van der Waals surface area contributed by atoms with Crippen molar-refractivity contribution in [2.24, 2.45) is 7.05 Å². The lowest BCUT2D eigenvalue weighted by Crippen LogP contribution is -2.49. The Labute approximate surface area is 222 Å². The van der Waals surface area contributed by atoms with E-state index in [4.69, 9.17) is 14.6 Å². The summed E-state index contributed by atoms with van der Waals surface area (Å²) >= 11 is 0. The molecule has 0 spiro atoms. The van der Waals surface area contributed by atoms with Gasteiger partial charge in [0.05, 0.1) is 25.3 Å². The van der Waals surface area contributed by atoms with Gasteiger partial charge in [-0.25, -0.2) is 0 Å². The minimum atomic E-state index is -4.54. The topological polar surface area (TPSA) is 110 Å². The number of nitrogens with zero attached hydrogens (tertiary/aromatic N) is 4. The number of alkyl halides is 3. The van der Waals surface area contributed by atoms with Crippen LogP contribution in [0.4, 0.5) is 18.9 Å². The van der Waals surface area contributed by atoms with Gasteiger partial charge in [0.15, 0.2) is 0 Å². The lowest BCUT2D eigenvalue weighted by molar-refractivity contribution is -0.138. The van der Waals surface area contributed by atoms with E-state index in [-0.39, 0.29) is 35.6 Å². The van der Waals surface area contributed by atoms with E-state index < -0.39 is 17.6 Å².